The Morgan fingerprint density at radius 2 is 1.78 bits per heavy atom. The predicted octanol–water partition coefficient (Wildman–Crippen LogP) is 6.43. The molecule has 0 saturated heterocycles. The van der Waals surface area contributed by atoms with Gasteiger partial charge in [-0.2, -0.15) is 0 Å². The van der Waals surface area contributed by atoms with Crippen LogP contribution in [0, 0.1) is 0 Å². The van der Waals surface area contributed by atoms with Gasteiger partial charge in [0.05, 0.1) is 7.11 Å². The molecule has 0 aromatic heterocycles. The molecule has 2 aromatic rings. The van der Waals surface area contributed by atoms with Crippen LogP contribution in [0.15, 0.2) is 36.4 Å². The fourth-order valence-corrected chi connectivity index (χ4v) is 3.77. The first-order valence-corrected chi connectivity index (χ1v) is 9.88. The van der Waals surface area contributed by atoms with E-state index in [2.05, 4.69) is 11.4 Å². The molecule has 6 heteroatoms. The second kappa shape index (κ2) is 11.0. The van der Waals surface area contributed by atoms with Crippen LogP contribution in [0.3, 0.4) is 0 Å². The third-order valence-corrected chi connectivity index (χ3v) is 5.41. The molecule has 0 radical (unpaired) electrons. The largest absolute Gasteiger partial charge is 0.493 e. The lowest BCUT2D eigenvalue weighted by molar-refractivity contribution is 0.284. The number of halogens is 3. The summed E-state index contributed by atoms with van der Waals surface area (Å²) in [5.41, 5.74) is 2.09. The molecule has 0 bridgehead atoms. The second-order valence-corrected chi connectivity index (χ2v) is 7.57. The van der Waals surface area contributed by atoms with Gasteiger partial charge in [-0.05, 0) is 42.7 Å². The van der Waals surface area contributed by atoms with Crippen LogP contribution in [0.4, 0.5) is 0 Å². The summed E-state index contributed by atoms with van der Waals surface area (Å²) in [4.78, 5) is 0. The maximum absolute atomic E-state index is 6.21. The van der Waals surface area contributed by atoms with Gasteiger partial charge in [0.2, 0.25) is 0 Å². The molecule has 27 heavy (non-hydrogen) atoms. The van der Waals surface area contributed by atoms with Gasteiger partial charge in [-0.25, -0.2) is 0 Å². The molecule has 1 N–H and O–H groups in total. The first-order valence-electron chi connectivity index (χ1n) is 9.13. The zero-order valence-corrected chi connectivity index (χ0v) is 17.8. The van der Waals surface area contributed by atoms with Crippen LogP contribution < -0.4 is 14.8 Å². The van der Waals surface area contributed by atoms with E-state index >= 15 is 0 Å². The SMILES string of the molecule is COc1cc(CNC2CCCCC2)ccc1OCc1ccc(Cl)cc1Cl.Cl. The van der Waals surface area contributed by atoms with Crippen LogP contribution >= 0.6 is 35.6 Å². The molecule has 3 nitrogen and oxygen atoms in total. The summed E-state index contributed by atoms with van der Waals surface area (Å²) in [5, 5.41) is 4.87. The number of ether oxygens (including phenoxy) is 2. The summed E-state index contributed by atoms with van der Waals surface area (Å²) in [6.07, 6.45) is 6.60. The number of hydrogen-bond acceptors (Lipinski definition) is 3. The molecule has 1 fully saturated rings. The number of methoxy groups -OCH3 is 1. The summed E-state index contributed by atoms with van der Waals surface area (Å²) < 4.78 is 11.4. The minimum absolute atomic E-state index is 0. The Kier molecular flexibility index (Phi) is 9.04. The fraction of sp³-hybridized carbons (Fsp3) is 0.429. The van der Waals surface area contributed by atoms with Crippen molar-refractivity contribution in [3.8, 4) is 11.5 Å². The molecular formula is C21H26Cl3NO2. The molecule has 0 unspecified atom stereocenters. The van der Waals surface area contributed by atoms with Gasteiger partial charge in [-0.3, -0.25) is 0 Å². The van der Waals surface area contributed by atoms with E-state index in [1.54, 1.807) is 13.2 Å². The average molecular weight is 431 g/mol. The van der Waals surface area contributed by atoms with E-state index in [0.717, 1.165) is 17.9 Å². The summed E-state index contributed by atoms with van der Waals surface area (Å²) in [6, 6.07) is 12.1. The maximum Gasteiger partial charge on any atom is 0.161 e. The highest BCUT2D eigenvalue weighted by Gasteiger charge is 2.13. The van der Waals surface area contributed by atoms with Gasteiger partial charge in [-0.1, -0.05) is 54.6 Å². The monoisotopic (exact) mass is 429 g/mol. The fourth-order valence-electron chi connectivity index (χ4n) is 3.30. The van der Waals surface area contributed by atoms with Crippen LogP contribution in [0.1, 0.15) is 43.2 Å². The first kappa shape index (κ1) is 22.2. The number of nitrogens with one attached hydrogen (secondary N) is 1. The van der Waals surface area contributed by atoms with Crippen molar-refractivity contribution in [1.29, 1.82) is 0 Å². The number of rotatable bonds is 7. The number of hydrogen-bond donors (Lipinski definition) is 1. The van der Waals surface area contributed by atoms with Crippen LogP contribution in [0.25, 0.3) is 0 Å². The van der Waals surface area contributed by atoms with Crippen LogP contribution in [-0.2, 0) is 13.2 Å². The van der Waals surface area contributed by atoms with Crippen molar-refractivity contribution in [3.63, 3.8) is 0 Å². The van der Waals surface area contributed by atoms with Gasteiger partial charge in [-0.15, -0.1) is 12.4 Å². The minimum Gasteiger partial charge on any atom is -0.493 e. The van der Waals surface area contributed by atoms with Gasteiger partial charge < -0.3 is 14.8 Å². The van der Waals surface area contributed by atoms with E-state index < -0.39 is 0 Å². The van der Waals surface area contributed by atoms with E-state index in [9.17, 15) is 0 Å². The lowest BCUT2D eigenvalue weighted by atomic mass is 9.95. The van der Waals surface area contributed by atoms with Crippen molar-refractivity contribution in [3.05, 3.63) is 57.6 Å². The normalized spacial score (nSPS) is 14.5. The Labute approximate surface area is 177 Å². The molecule has 1 saturated carbocycles. The van der Waals surface area contributed by atoms with Crippen molar-refractivity contribution >= 4 is 35.6 Å². The van der Waals surface area contributed by atoms with E-state index in [-0.39, 0.29) is 12.4 Å². The highest BCUT2D eigenvalue weighted by Crippen LogP contribution is 2.30. The Morgan fingerprint density at radius 1 is 1.00 bits per heavy atom. The molecule has 0 amide bonds. The molecule has 2 aromatic carbocycles. The Morgan fingerprint density at radius 3 is 2.48 bits per heavy atom. The molecule has 0 aliphatic heterocycles. The Balaban J connectivity index is 0.00000261. The second-order valence-electron chi connectivity index (χ2n) is 6.73. The van der Waals surface area contributed by atoms with E-state index in [1.807, 2.05) is 24.3 Å². The van der Waals surface area contributed by atoms with Gasteiger partial charge in [0.15, 0.2) is 11.5 Å². The summed E-state index contributed by atoms with van der Waals surface area (Å²) in [6.45, 7) is 1.22. The third kappa shape index (κ3) is 6.46. The third-order valence-electron chi connectivity index (χ3n) is 4.83. The van der Waals surface area contributed by atoms with Crippen LogP contribution in [0.5, 0.6) is 11.5 Å². The number of benzene rings is 2. The van der Waals surface area contributed by atoms with Crippen molar-refractivity contribution in [1.82, 2.24) is 5.32 Å². The van der Waals surface area contributed by atoms with E-state index in [1.165, 1.54) is 37.7 Å². The van der Waals surface area contributed by atoms with Crippen molar-refractivity contribution in [2.45, 2.75) is 51.3 Å². The quantitative estimate of drug-likeness (QED) is 0.549. The molecule has 0 atom stereocenters. The van der Waals surface area contributed by atoms with Crippen molar-refractivity contribution in [2.75, 3.05) is 7.11 Å². The molecule has 3 rings (SSSR count). The van der Waals surface area contributed by atoms with Crippen molar-refractivity contribution < 1.29 is 9.47 Å². The molecular weight excluding hydrogens is 405 g/mol. The summed E-state index contributed by atoms with van der Waals surface area (Å²) >= 11 is 12.1. The van der Waals surface area contributed by atoms with Gasteiger partial charge in [0.1, 0.15) is 6.61 Å². The molecule has 148 valence electrons. The minimum atomic E-state index is 0. The lowest BCUT2D eigenvalue weighted by Gasteiger charge is -2.23. The van der Waals surface area contributed by atoms with Crippen LogP contribution in [0.2, 0.25) is 10.0 Å². The average Bonchev–Trinajstić information content (AvgIpc) is 2.67. The highest BCUT2D eigenvalue weighted by molar-refractivity contribution is 6.35. The van der Waals surface area contributed by atoms with Gasteiger partial charge in [0.25, 0.3) is 0 Å². The smallest absolute Gasteiger partial charge is 0.161 e. The lowest BCUT2D eigenvalue weighted by Crippen LogP contribution is -2.30. The molecule has 1 aliphatic carbocycles. The summed E-state index contributed by atoms with van der Waals surface area (Å²) in [5.74, 6) is 1.44. The van der Waals surface area contributed by atoms with Gasteiger partial charge in [0, 0.05) is 28.2 Å². The standard InChI is InChI=1S/C21H25Cl2NO2.ClH/c1-25-21-11-15(13-24-18-5-3-2-4-6-18)7-10-20(21)26-14-16-8-9-17(22)12-19(16)23;/h7-12,18,24H,2-6,13-14H2,1H3;1H. The molecule has 0 spiro atoms. The molecule has 1 aliphatic rings. The Hall–Kier alpha value is -1.13. The predicted molar refractivity (Wildman–Crippen MR) is 115 cm³/mol. The van der Waals surface area contributed by atoms with Crippen LogP contribution in [-0.4, -0.2) is 13.2 Å². The van der Waals surface area contributed by atoms with Crippen molar-refractivity contribution in [2.24, 2.45) is 0 Å². The van der Waals surface area contributed by atoms with E-state index in [4.69, 9.17) is 32.7 Å². The highest BCUT2D eigenvalue weighted by atomic mass is 35.5. The van der Waals surface area contributed by atoms with E-state index in [0.29, 0.717) is 28.4 Å². The zero-order chi connectivity index (χ0) is 18.4. The van der Waals surface area contributed by atoms with Gasteiger partial charge >= 0.3 is 0 Å². The Bertz CT molecular complexity index is 733. The maximum atomic E-state index is 6.21. The molecule has 0 heterocycles. The zero-order valence-electron chi connectivity index (χ0n) is 15.5. The summed E-state index contributed by atoms with van der Waals surface area (Å²) in [7, 11) is 1.66. The topological polar surface area (TPSA) is 30.5 Å². The first-order chi connectivity index (χ1) is 12.7.